The molecule has 3 nitrogen and oxygen atoms in total. The summed E-state index contributed by atoms with van der Waals surface area (Å²) in [6.45, 7) is 3.39. The van der Waals surface area contributed by atoms with Crippen LogP contribution in [0.2, 0.25) is 0 Å². The van der Waals surface area contributed by atoms with Gasteiger partial charge >= 0.3 is 0 Å². The molecule has 0 bridgehead atoms. The number of nitrogens with one attached hydrogen (secondary N) is 1. The number of hydrogen-bond acceptors (Lipinski definition) is 3. The highest BCUT2D eigenvalue weighted by molar-refractivity contribution is 8.01. The van der Waals surface area contributed by atoms with Gasteiger partial charge in [-0.2, -0.15) is 0 Å². The molecular formula is C16H24N2OS. The number of benzene rings is 1. The smallest absolute Gasteiger partial charge is 0.236 e. The minimum Gasteiger partial charge on any atom is -0.355 e. The molecule has 20 heavy (non-hydrogen) atoms. The minimum absolute atomic E-state index is 0.189. The summed E-state index contributed by atoms with van der Waals surface area (Å²) in [7, 11) is 0. The molecule has 2 rings (SSSR count). The minimum atomic E-state index is -0.274. The number of carbonyl (C=O) groups excluding carboxylic acids is 1. The van der Waals surface area contributed by atoms with Crippen LogP contribution >= 0.6 is 11.8 Å². The van der Waals surface area contributed by atoms with Crippen molar-refractivity contribution in [1.82, 2.24) is 5.32 Å². The molecular weight excluding hydrogens is 268 g/mol. The van der Waals surface area contributed by atoms with E-state index in [1.807, 2.05) is 0 Å². The molecule has 0 atom stereocenters. The maximum absolute atomic E-state index is 12.5. The summed E-state index contributed by atoms with van der Waals surface area (Å²) in [5.74, 6) is 0.189. The number of aryl methyl sites for hydroxylation is 1. The number of nitrogens with two attached hydrogens (primary N) is 1. The van der Waals surface area contributed by atoms with Crippen molar-refractivity contribution in [2.75, 3.05) is 13.1 Å². The fourth-order valence-electron chi connectivity index (χ4n) is 2.62. The maximum atomic E-state index is 12.5. The number of carbonyl (C=O) groups is 1. The Morgan fingerprint density at radius 3 is 2.55 bits per heavy atom. The summed E-state index contributed by atoms with van der Waals surface area (Å²) in [5.41, 5.74) is 6.73. The van der Waals surface area contributed by atoms with E-state index in [9.17, 15) is 4.79 Å². The lowest BCUT2D eigenvalue weighted by molar-refractivity contribution is -0.123. The van der Waals surface area contributed by atoms with Crippen molar-refractivity contribution in [2.24, 2.45) is 5.73 Å². The second-order valence-electron chi connectivity index (χ2n) is 5.51. The van der Waals surface area contributed by atoms with Crippen LogP contribution in [-0.4, -0.2) is 23.7 Å². The van der Waals surface area contributed by atoms with Gasteiger partial charge in [-0.1, -0.05) is 30.5 Å². The van der Waals surface area contributed by atoms with Gasteiger partial charge in [-0.25, -0.2) is 0 Å². The summed E-state index contributed by atoms with van der Waals surface area (Å²) in [4.78, 5) is 13.7. The Morgan fingerprint density at radius 2 is 1.95 bits per heavy atom. The van der Waals surface area contributed by atoms with Gasteiger partial charge in [0.05, 0.1) is 4.75 Å². The molecule has 4 heteroatoms. The van der Waals surface area contributed by atoms with Gasteiger partial charge in [0, 0.05) is 11.4 Å². The lowest BCUT2D eigenvalue weighted by atomic mass is 10.1. The van der Waals surface area contributed by atoms with Gasteiger partial charge in [-0.05, 0) is 44.9 Å². The molecule has 0 aromatic heterocycles. The monoisotopic (exact) mass is 292 g/mol. The van der Waals surface area contributed by atoms with Crippen LogP contribution in [0.3, 0.4) is 0 Å². The van der Waals surface area contributed by atoms with Gasteiger partial charge in [0.15, 0.2) is 0 Å². The predicted octanol–water partition coefficient (Wildman–Crippen LogP) is 2.86. The molecule has 110 valence electrons. The van der Waals surface area contributed by atoms with Crippen molar-refractivity contribution in [2.45, 2.75) is 48.7 Å². The molecule has 1 aliphatic rings. The van der Waals surface area contributed by atoms with E-state index >= 15 is 0 Å². The van der Waals surface area contributed by atoms with E-state index in [0.717, 1.165) is 32.1 Å². The summed E-state index contributed by atoms with van der Waals surface area (Å²) in [6.07, 6.45) is 5.07. The van der Waals surface area contributed by atoms with Crippen LogP contribution in [0.25, 0.3) is 0 Å². The zero-order valence-corrected chi connectivity index (χ0v) is 13.0. The third kappa shape index (κ3) is 3.76. The van der Waals surface area contributed by atoms with Crippen molar-refractivity contribution >= 4 is 17.7 Å². The van der Waals surface area contributed by atoms with E-state index in [4.69, 9.17) is 5.73 Å². The Hall–Kier alpha value is -1.00. The van der Waals surface area contributed by atoms with E-state index in [1.165, 1.54) is 10.5 Å². The van der Waals surface area contributed by atoms with Gasteiger partial charge < -0.3 is 11.1 Å². The van der Waals surface area contributed by atoms with E-state index in [2.05, 4.69) is 36.5 Å². The highest BCUT2D eigenvalue weighted by Gasteiger charge is 2.41. The fourth-order valence-corrected chi connectivity index (χ4v) is 4.00. The lowest BCUT2D eigenvalue weighted by Gasteiger charge is -2.27. The predicted molar refractivity (Wildman–Crippen MR) is 84.9 cm³/mol. The highest BCUT2D eigenvalue weighted by atomic mass is 32.2. The maximum Gasteiger partial charge on any atom is 0.236 e. The molecule has 1 fully saturated rings. The number of thioether (sulfide) groups is 1. The van der Waals surface area contributed by atoms with Crippen LogP contribution in [0, 0.1) is 6.92 Å². The third-order valence-electron chi connectivity index (χ3n) is 3.83. The normalized spacial score (nSPS) is 17.1. The SMILES string of the molecule is Cc1ccc(SC2(C(=O)NCCCN)CCCC2)cc1. The van der Waals surface area contributed by atoms with Crippen molar-refractivity contribution in [3.63, 3.8) is 0 Å². The van der Waals surface area contributed by atoms with E-state index in [0.29, 0.717) is 13.1 Å². The van der Waals surface area contributed by atoms with Crippen LogP contribution in [0.1, 0.15) is 37.7 Å². The van der Waals surface area contributed by atoms with Gasteiger partial charge in [0.1, 0.15) is 0 Å². The Labute approximate surface area is 125 Å². The van der Waals surface area contributed by atoms with Gasteiger partial charge in [0.25, 0.3) is 0 Å². The Kier molecular flexibility index (Phi) is 5.49. The van der Waals surface area contributed by atoms with E-state index in [-0.39, 0.29) is 10.7 Å². The average molecular weight is 292 g/mol. The zero-order valence-electron chi connectivity index (χ0n) is 12.2. The second-order valence-corrected chi connectivity index (χ2v) is 6.97. The van der Waals surface area contributed by atoms with Gasteiger partial charge in [-0.15, -0.1) is 11.8 Å². The molecule has 0 saturated heterocycles. The quantitative estimate of drug-likeness (QED) is 0.793. The first-order chi connectivity index (χ1) is 9.66. The third-order valence-corrected chi connectivity index (χ3v) is 5.32. The Balaban J connectivity index is 2.05. The van der Waals surface area contributed by atoms with Crippen molar-refractivity contribution in [3.05, 3.63) is 29.8 Å². The molecule has 1 saturated carbocycles. The van der Waals surface area contributed by atoms with Gasteiger partial charge in [0.2, 0.25) is 5.91 Å². The average Bonchev–Trinajstić information content (AvgIpc) is 2.91. The van der Waals surface area contributed by atoms with Crippen LogP contribution in [0.5, 0.6) is 0 Å². The van der Waals surface area contributed by atoms with Crippen LogP contribution < -0.4 is 11.1 Å². The summed E-state index contributed by atoms with van der Waals surface area (Å²) < 4.78 is -0.274. The number of rotatable bonds is 6. The van der Waals surface area contributed by atoms with Crippen molar-refractivity contribution in [3.8, 4) is 0 Å². The summed E-state index contributed by atoms with van der Waals surface area (Å²) in [5, 5.41) is 3.06. The molecule has 1 amide bonds. The van der Waals surface area contributed by atoms with E-state index < -0.39 is 0 Å². The first-order valence-corrected chi connectivity index (χ1v) is 8.22. The number of hydrogen-bond donors (Lipinski definition) is 2. The molecule has 0 unspecified atom stereocenters. The summed E-state index contributed by atoms with van der Waals surface area (Å²) in [6, 6.07) is 8.45. The molecule has 0 spiro atoms. The molecule has 0 heterocycles. The summed E-state index contributed by atoms with van der Waals surface area (Å²) >= 11 is 1.73. The van der Waals surface area contributed by atoms with Crippen LogP contribution in [-0.2, 0) is 4.79 Å². The van der Waals surface area contributed by atoms with Crippen molar-refractivity contribution < 1.29 is 4.79 Å². The topological polar surface area (TPSA) is 55.1 Å². The lowest BCUT2D eigenvalue weighted by Crippen LogP contribution is -2.42. The van der Waals surface area contributed by atoms with E-state index in [1.54, 1.807) is 11.8 Å². The Bertz CT molecular complexity index is 438. The first kappa shape index (κ1) is 15.4. The van der Waals surface area contributed by atoms with Crippen molar-refractivity contribution in [1.29, 1.82) is 0 Å². The second kappa shape index (κ2) is 7.14. The van der Waals surface area contributed by atoms with Crippen LogP contribution in [0.4, 0.5) is 0 Å². The fraction of sp³-hybridized carbons (Fsp3) is 0.562. The molecule has 1 aliphatic carbocycles. The molecule has 1 aromatic carbocycles. The van der Waals surface area contributed by atoms with Gasteiger partial charge in [-0.3, -0.25) is 4.79 Å². The standard InChI is InChI=1S/C16H24N2OS/c1-13-5-7-14(8-6-13)20-16(9-2-3-10-16)15(19)18-12-4-11-17/h5-8H,2-4,9-12,17H2,1H3,(H,18,19). The molecule has 1 aromatic rings. The molecule has 0 aliphatic heterocycles. The van der Waals surface area contributed by atoms with Crippen LogP contribution in [0.15, 0.2) is 29.2 Å². The molecule has 3 N–H and O–H groups in total. The largest absolute Gasteiger partial charge is 0.355 e. The Morgan fingerprint density at radius 1 is 1.30 bits per heavy atom. The zero-order chi connectivity index (χ0) is 14.4. The first-order valence-electron chi connectivity index (χ1n) is 7.40. The number of amides is 1. The highest BCUT2D eigenvalue weighted by Crippen LogP contribution is 2.45. The molecule has 0 radical (unpaired) electrons.